The van der Waals surface area contributed by atoms with Crippen molar-refractivity contribution < 1.29 is 4.79 Å². The van der Waals surface area contributed by atoms with Crippen molar-refractivity contribution in [3.63, 3.8) is 0 Å². The van der Waals surface area contributed by atoms with Crippen LogP contribution in [0.1, 0.15) is 16.7 Å². The van der Waals surface area contributed by atoms with Crippen molar-refractivity contribution in [3.8, 4) is 6.07 Å². The summed E-state index contributed by atoms with van der Waals surface area (Å²) in [5.74, 6) is 0.167. The van der Waals surface area contributed by atoms with Crippen LogP contribution in [0.3, 0.4) is 0 Å². The van der Waals surface area contributed by atoms with E-state index >= 15 is 0 Å². The van der Waals surface area contributed by atoms with E-state index in [-0.39, 0.29) is 5.91 Å². The van der Waals surface area contributed by atoms with Gasteiger partial charge in [-0.1, -0.05) is 35.9 Å². The molecule has 25 heavy (non-hydrogen) atoms. The highest BCUT2D eigenvalue weighted by molar-refractivity contribution is 6.30. The van der Waals surface area contributed by atoms with E-state index in [1.165, 1.54) is 5.56 Å². The van der Waals surface area contributed by atoms with Crippen molar-refractivity contribution in [2.24, 2.45) is 0 Å². The third kappa shape index (κ3) is 4.82. The van der Waals surface area contributed by atoms with Gasteiger partial charge in [-0.15, -0.1) is 0 Å². The Labute approximate surface area is 153 Å². The maximum Gasteiger partial charge on any atom is 0.227 e. The average Bonchev–Trinajstić information content (AvgIpc) is 2.65. The predicted octanol–water partition coefficient (Wildman–Crippen LogP) is 3.10. The van der Waals surface area contributed by atoms with Crippen LogP contribution in [0, 0.1) is 11.3 Å². The fourth-order valence-electron chi connectivity index (χ4n) is 2.99. The van der Waals surface area contributed by atoms with Crippen LogP contribution in [-0.4, -0.2) is 41.9 Å². The standard InChI is InChI=1S/C20H20ClN3O/c21-19-7-5-16(6-8-19)13-20(25)24-11-9-23(10-12-24)15-18-3-1-17(14-22)2-4-18/h1-8H,9-13,15H2. The predicted molar refractivity (Wildman–Crippen MR) is 98.2 cm³/mol. The molecule has 1 amide bonds. The second kappa shape index (κ2) is 8.15. The quantitative estimate of drug-likeness (QED) is 0.848. The van der Waals surface area contributed by atoms with Crippen LogP contribution in [0.2, 0.25) is 5.02 Å². The molecule has 1 aliphatic rings. The Morgan fingerprint density at radius 2 is 1.56 bits per heavy atom. The molecule has 1 heterocycles. The van der Waals surface area contributed by atoms with E-state index in [0.29, 0.717) is 17.0 Å². The minimum Gasteiger partial charge on any atom is -0.340 e. The molecule has 5 heteroatoms. The fourth-order valence-corrected chi connectivity index (χ4v) is 3.11. The van der Waals surface area contributed by atoms with E-state index in [4.69, 9.17) is 16.9 Å². The molecule has 0 aromatic heterocycles. The topological polar surface area (TPSA) is 47.3 Å². The number of halogens is 1. The molecular weight excluding hydrogens is 334 g/mol. The maximum atomic E-state index is 12.4. The number of carbonyl (C=O) groups is 1. The van der Waals surface area contributed by atoms with Gasteiger partial charge in [0.15, 0.2) is 0 Å². The van der Waals surface area contributed by atoms with E-state index in [2.05, 4.69) is 11.0 Å². The second-order valence-electron chi connectivity index (χ2n) is 6.27. The summed E-state index contributed by atoms with van der Waals surface area (Å²) in [6, 6.07) is 17.3. The van der Waals surface area contributed by atoms with E-state index in [0.717, 1.165) is 38.3 Å². The van der Waals surface area contributed by atoms with Crippen molar-refractivity contribution in [3.05, 3.63) is 70.2 Å². The Kier molecular flexibility index (Phi) is 5.70. The number of nitrogens with zero attached hydrogens (tertiary/aromatic N) is 3. The summed E-state index contributed by atoms with van der Waals surface area (Å²) in [5, 5.41) is 9.53. The van der Waals surface area contributed by atoms with Gasteiger partial charge < -0.3 is 4.90 Å². The molecule has 4 nitrogen and oxygen atoms in total. The average molecular weight is 354 g/mol. The van der Waals surface area contributed by atoms with E-state index in [1.54, 1.807) is 0 Å². The molecular formula is C20H20ClN3O. The molecule has 1 saturated heterocycles. The Morgan fingerprint density at radius 3 is 2.16 bits per heavy atom. The molecule has 0 saturated carbocycles. The molecule has 0 aliphatic carbocycles. The molecule has 0 spiro atoms. The summed E-state index contributed by atoms with van der Waals surface area (Å²) in [6.07, 6.45) is 0.423. The smallest absolute Gasteiger partial charge is 0.227 e. The number of piperazine rings is 1. The van der Waals surface area contributed by atoms with Crippen LogP contribution in [-0.2, 0) is 17.8 Å². The largest absolute Gasteiger partial charge is 0.340 e. The number of hydrogen-bond acceptors (Lipinski definition) is 3. The second-order valence-corrected chi connectivity index (χ2v) is 6.71. The molecule has 128 valence electrons. The van der Waals surface area contributed by atoms with Gasteiger partial charge in [0, 0.05) is 37.7 Å². The highest BCUT2D eigenvalue weighted by Gasteiger charge is 2.21. The van der Waals surface area contributed by atoms with Gasteiger partial charge in [0.25, 0.3) is 0 Å². The van der Waals surface area contributed by atoms with Gasteiger partial charge in [-0.05, 0) is 35.4 Å². The van der Waals surface area contributed by atoms with Gasteiger partial charge in [-0.3, -0.25) is 9.69 Å². The van der Waals surface area contributed by atoms with Crippen LogP contribution >= 0.6 is 11.6 Å². The van der Waals surface area contributed by atoms with Gasteiger partial charge in [0.1, 0.15) is 0 Å². The van der Waals surface area contributed by atoms with Crippen molar-refractivity contribution in [2.75, 3.05) is 26.2 Å². The van der Waals surface area contributed by atoms with E-state index in [1.807, 2.05) is 53.4 Å². The molecule has 1 aliphatic heterocycles. The van der Waals surface area contributed by atoms with E-state index < -0.39 is 0 Å². The molecule has 3 rings (SSSR count). The van der Waals surface area contributed by atoms with Crippen LogP contribution in [0.25, 0.3) is 0 Å². The SMILES string of the molecule is N#Cc1ccc(CN2CCN(C(=O)Cc3ccc(Cl)cc3)CC2)cc1. The maximum absolute atomic E-state index is 12.4. The van der Waals surface area contributed by atoms with Crippen molar-refractivity contribution in [1.29, 1.82) is 5.26 Å². The number of benzene rings is 2. The zero-order valence-corrected chi connectivity index (χ0v) is 14.7. The Bertz CT molecular complexity index is 757. The Balaban J connectivity index is 1.48. The van der Waals surface area contributed by atoms with Crippen LogP contribution in [0.4, 0.5) is 0 Å². The van der Waals surface area contributed by atoms with Crippen LogP contribution in [0.5, 0.6) is 0 Å². The summed E-state index contributed by atoms with van der Waals surface area (Å²) in [5.41, 5.74) is 2.87. The zero-order chi connectivity index (χ0) is 17.6. The van der Waals surface area contributed by atoms with Crippen LogP contribution < -0.4 is 0 Å². The summed E-state index contributed by atoms with van der Waals surface area (Å²) in [4.78, 5) is 16.7. The molecule has 2 aromatic carbocycles. The number of carbonyl (C=O) groups excluding carboxylic acids is 1. The minimum absolute atomic E-state index is 0.167. The molecule has 0 N–H and O–H groups in total. The minimum atomic E-state index is 0.167. The lowest BCUT2D eigenvalue weighted by Crippen LogP contribution is -2.48. The van der Waals surface area contributed by atoms with Crippen molar-refractivity contribution in [2.45, 2.75) is 13.0 Å². The lowest BCUT2D eigenvalue weighted by Gasteiger charge is -2.34. The number of nitriles is 1. The highest BCUT2D eigenvalue weighted by Crippen LogP contribution is 2.13. The summed E-state index contributed by atoms with van der Waals surface area (Å²) < 4.78 is 0. The Hall–Kier alpha value is -2.35. The van der Waals surface area contributed by atoms with Crippen LogP contribution in [0.15, 0.2) is 48.5 Å². The molecule has 0 unspecified atom stereocenters. The normalized spacial score (nSPS) is 15.0. The summed E-state index contributed by atoms with van der Waals surface area (Å²) in [6.45, 7) is 4.09. The van der Waals surface area contributed by atoms with Gasteiger partial charge in [-0.25, -0.2) is 0 Å². The first-order valence-corrected chi connectivity index (χ1v) is 8.75. The first-order chi connectivity index (χ1) is 12.1. The van der Waals surface area contributed by atoms with Gasteiger partial charge in [-0.2, -0.15) is 5.26 Å². The monoisotopic (exact) mass is 353 g/mol. The van der Waals surface area contributed by atoms with Gasteiger partial charge in [0.05, 0.1) is 18.1 Å². The lowest BCUT2D eigenvalue weighted by molar-refractivity contribution is -0.132. The van der Waals surface area contributed by atoms with Crippen molar-refractivity contribution >= 4 is 17.5 Å². The first kappa shape index (κ1) is 17.5. The zero-order valence-electron chi connectivity index (χ0n) is 14.0. The Morgan fingerprint density at radius 1 is 0.960 bits per heavy atom. The fraction of sp³-hybridized carbons (Fsp3) is 0.300. The number of hydrogen-bond donors (Lipinski definition) is 0. The number of rotatable bonds is 4. The molecule has 0 atom stereocenters. The highest BCUT2D eigenvalue weighted by atomic mass is 35.5. The summed E-state index contributed by atoms with van der Waals surface area (Å²) >= 11 is 5.88. The van der Waals surface area contributed by atoms with E-state index in [9.17, 15) is 4.79 Å². The third-order valence-electron chi connectivity index (χ3n) is 4.48. The first-order valence-electron chi connectivity index (χ1n) is 8.37. The van der Waals surface area contributed by atoms with Gasteiger partial charge >= 0.3 is 0 Å². The molecule has 2 aromatic rings. The molecule has 0 bridgehead atoms. The van der Waals surface area contributed by atoms with Gasteiger partial charge in [0.2, 0.25) is 5.91 Å². The molecule has 0 radical (unpaired) electrons. The number of amides is 1. The molecule has 1 fully saturated rings. The lowest BCUT2D eigenvalue weighted by atomic mass is 10.1. The summed E-state index contributed by atoms with van der Waals surface area (Å²) in [7, 11) is 0. The third-order valence-corrected chi connectivity index (χ3v) is 4.73. The van der Waals surface area contributed by atoms with Crippen molar-refractivity contribution in [1.82, 2.24) is 9.80 Å².